The molecule has 0 radical (unpaired) electrons. The molecule has 4 heteroatoms. The maximum atomic E-state index is 12.8. The molecule has 23 heavy (non-hydrogen) atoms. The van der Waals surface area contributed by atoms with Gasteiger partial charge < -0.3 is 4.74 Å². The predicted octanol–water partition coefficient (Wildman–Crippen LogP) is 3.36. The average molecular weight is 316 g/mol. The maximum absolute atomic E-state index is 12.8. The number of hydrogen-bond acceptors (Lipinski definition) is 4. The second-order valence-electron chi connectivity index (χ2n) is 8.27. The van der Waals surface area contributed by atoms with Crippen molar-refractivity contribution in [2.45, 2.75) is 53.9 Å². The molecule has 0 spiro atoms. The molecule has 2 atom stereocenters. The Balaban J connectivity index is 2.21. The summed E-state index contributed by atoms with van der Waals surface area (Å²) in [5.41, 5.74) is -0.00506. The van der Waals surface area contributed by atoms with E-state index in [1.54, 1.807) is 6.08 Å². The van der Waals surface area contributed by atoms with Gasteiger partial charge >= 0.3 is 5.97 Å². The highest BCUT2D eigenvalue weighted by atomic mass is 16.5. The predicted molar refractivity (Wildman–Crippen MR) is 85.3 cm³/mol. The molecule has 3 rings (SSSR count). The van der Waals surface area contributed by atoms with E-state index in [1.807, 2.05) is 34.6 Å². The molecule has 124 valence electrons. The van der Waals surface area contributed by atoms with Gasteiger partial charge in [-0.05, 0) is 30.3 Å². The first-order chi connectivity index (χ1) is 10.6. The van der Waals surface area contributed by atoms with E-state index in [0.29, 0.717) is 16.9 Å². The summed E-state index contributed by atoms with van der Waals surface area (Å²) in [6, 6.07) is 0. The van der Waals surface area contributed by atoms with Gasteiger partial charge in [-0.3, -0.25) is 14.4 Å². The Morgan fingerprint density at radius 3 is 2.35 bits per heavy atom. The van der Waals surface area contributed by atoms with Crippen molar-refractivity contribution in [1.29, 1.82) is 0 Å². The van der Waals surface area contributed by atoms with Crippen LogP contribution in [0.15, 0.2) is 23.0 Å². The zero-order valence-electron chi connectivity index (χ0n) is 14.5. The van der Waals surface area contributed by atoms with E-state index in [0.717, 1.165) is 19.3 Å². The van der Waals surface area contributed by atoms with Gasteiger partial charge in [0.15, 0.2) is 0 Å². The van der Waals surface area contributed by atoms with Crippen molar-refractivity contribution in [2.75, 3.05) is 0 Å². The smallest absolute Gasteiger partial charge is 0.315 e. The SMILES string of the molecule is CC(C)C1=CC2=C(C(=O)C1=O)[C@@]1(C)CCCC(C)(C)C1C(=O)O2. The molecule has 0 aromatic heterocycles. The van der Waals surface area contributed by atoms with Gasteiger partial charge in [0.2, 0.25) is 11.6 Å². The van der Waals surface area contributed by atoms with Gasteiger partial charge in [-0.1, -0.05) is 41.0 Å². The van der Waals surface area contributed by atoms with Gasteiger partial charge in [-0.2, -0.15) is 0 Å². The first-order valence-electron chi connectivity index (χ1n) is 8.36. The number of ether oxygens (including phenoxy) is 1. The number of rotatable bonds is 1. The molecule has 2 aliphatic carbocycles. The average Bonchev–Trinajstić information content (AvgIpc) is 2.40. The van der Waals surface area contributed by atoms with Gasteiger partial charge in [-0.15, -0.1) is 0 Å². The van der Waals surface area contributed by atoms with Gasteiger partial charge in [0.05, 0.1) is 11.5 Å². The first-order valence-corrected chi connectivity index (χ1v) is 8.36. The topological polar surface area (TPSA) is 60.4 Å². The van der Waals surface area contributed by atoms with Crippen LogP contribution < -0.4 is 0 Å². The summed E-state index contributed by atoms with van der Waals surface area (Å²) in [5.74, 6) is -1.35. The van der Waals surface area contributed by atoms with Crippen LogP contribution in [0.1, 0.15) is 53.9 Å². The largest absolute Gasteiger partial charge is 0.426 e. The van der Waals surface area contributed by atoms with Crippen molar-refractivity contribution < 1.29 is 19.1 Å². The Labute approximate surface area is 137 Å². The number of hydrogen-bond donors (Lipinski definition) is 0. The van der Waals surface area contributed by atoms with E-state index in [1.165, 1.54) is 0 Å². The minimum atomic E-state index is -0.613. The summed E-state index contributed by atoms with van der Waals surface area (Å²) in [6.07, 6.45) is 4.20. The molecule has 0 amide bonds. The third-order valence-electron chi connectivity index (χ3n) is 5.80. The van der Waals surface area contributed by atoms with Crippen LogP contribution in [0.2, 0.25) is 0 Å². The highest BCUT2D eigenvalue weighted by Gasteiger charge is 2.59. The van der Waals surface area contributed by atoms with Crippen LogP contribution in [0.3, 0.4) is 0 Å². The second kappa shape index (κ2) is 4.89. The fourth-order valence-corrected chi connectivity index (χ4v) is 4.76. The Bertz CT molecular complexity index is 677. The van der Waals surface area contributed by atoms with Crippen LogP contribution in [-0.2, 0) is 19.1 Å². The summed E-state index contributed by atoms with van der Waals surface area (Å²) >= 11 is 0. The molecule has 3 aliphatic rings. The van der Waals surface area contributed by atoms with E-state index in [9.17, 15) is 14.4 Å². The van der Waals surface area contributed by atoms with Crippen LogP contribution in [0, 0.1) is 22.7 Å². The molecule has 1 aliphatic heterocycles. The highest BCUT2D eigenvalue weighted by Crippen LogP contribution is 2.58. The summed E-state index contributed by atoms with van der Waals surface area (Å²) in [6.45, 7) is 9.77. The highest BCUT2D eigenvalue weighted by molar-refractivity contribution is 6.50. The van der Waals surface area contributed by atoms with Crippen LogP contribution >= 0.6 is 0 Å². The van der Waals surface area contributed by atoms with Crippen LogP contribution in [-0.4, -0.2) is 17.5 Å². The molecule has 0 aromatic carbocycles. The second-order valence-corrected chi connectivity index (χ2v) is 8.27. The summed E-state index contributed by atoms with van der Waals surface area (Å²) in [5, 5.41) is 0. The fourth-order valence-electron chi connectivity index (χ4n) is 4.76. The Morgan fingerprint density at radius 2 is 1.74 bits per heavy atom. The molecule has 0 saturated heterocycles. The molecular weight excluding hydrogens is 292 g/mol. The zero-order valence-corrected chi connectivity index (χ0v) is 14.5. The number of carbonyl (C=O) groups is 3. The maximum Gasteiger partial charge on any atom is 0.315 e. The lowest BCUT2D eigenvalue weighted by Crippen LogP contribution is -2.53. The van der Waals surface area contributed by atoms with E-state index in [-0.39, 0.29) is 23.2 Å². The van der Waals surface area contributed by atoms with Gasteiger partial charge in [0.1, 0.15) is 5.76 Å². The third-order valence-corrected chi connectivity index (χ3v) is 5.80. The van der Waals surface area contributed by atoms with Gasteiger partial charge in [0.25, 0.3) is 0 Å². The van der Waals surface area contributed by atoms with Gasteiger partial charge in [-0.25, -0.2) is 0 Å². The fraction of sp³-hybridized carbons (Fsp3) is 0.632. The minimum Gasteiger partial charge on any atom is -0.426 e. The molecule has 4 nitrogen and oxygen atoms in total. The molecular formula is C19H24O4. The van der Waals surface area contributed by atoms with E-state index < -0.39 is 17.0 Å². The quantitative estimate of drug-likeness (QED) is 0.423. The molecule has 1 fully saturated rings. The Hall–Kier alpha value is -1.71. The number of esters is 1. The van der Waals surface area contributed by atoms with E-state index in [4.69, 9.17) is 4.74 Å². The third kappa shape index (κ3) is 2.14. The molecule has 0 bridgehead atoms. The number of Topliss-reactive ketones (excluding diaryl/α,β-unsaturated/α-hetero) is 2. The van der Waals surface area contributed by atoms with Crippen molar-refractivity contribution in [3.63, 3.8) is 0 Å². The number of carbonyl (C=O) groups excluding carboxylic acids is 3. The summed E-state index contributed by atoms with van der Waals surface area (Å²) in [7, 11) is 0. The number of allylic oxidation sites excluding steroid dienone is 3. The van der Waals surface area contributed by atoms with E-state index >= 15 is 0 Å². The minimum absolute atomic E-state index is 0.0764. The summed E-state index contributed by atoms with van der Waals surface area (Å²) in [4.78, 5) is 38.0. The van der Waals surface area contributed by atoms with Crippen LogP contribution in [0.5, 0.6) is 0 Å². The normalized spacial score (nSPS) is 33.2. The van der Waals surface area contributed by atoms with Crippen molar-refractivity contribution in [3.8, 4) is 0 Å². The summed E-state index contributed by atoms with van der Waals surface area (Å²) < 4.78 is 5.55. The van der Waals surface area contributed by atoms with Crippen molar-refractivity contribution in [1.82, 2.24) is 0 Å². The molecule has 0 N–H and O–H groups in total. The molecule has 1 heterocycles. The van der Waals surface area contributed by atoms with Crippen molar-refractivity contribution in [3.05, 3.63) is 23.0 Å². The molecule has 0 aromatic rings. The van der Waals surface area contributed by atoms with E-state index in [2.05, 4.69) is 0 Å². The molecule has 1 unspecified atom stereocenters. The zero-order chi connectivity index (χ0) is 17.2. The van der Waals surface area contributed by atoms with Crippen LogP contribution in [0.25, 0.3) is 0 Å². The lowest BCUT2D eigenvalue weighted by Gasteiger charge is -2.52. The van der Waals surface area contributed by atoms with Crippen molar-refractivity contribution in [2.24, 2.45) is 22.7 Å². The van der Waals surface area contributed by atoms with Crippen LogP contribution in [0.4, 0.5) is 0 Å². The van der Waals surface area contributed by atoms with Crippen molar-refractivity contribution >= 4 is 17.5 Å². The lowest BCUT2D eigenvalue weighted by molar-refractivity contribution is -0.162. The standard InChI is InChI=1S/C19H24O4/c1-10(2)11-9-12-13(15(21)14(11)20)19(5)8-6-7-18(3,4)16(19)17(22)23-12/h9-10,16H,6-8H2,1-5H3/t16?,19-/m1/s1. The number of ketones is 2. The first kappa shape index (κ1) is 16.2. The Morgan fingerprint density at radius 1 is 1.09 bits per heavy atom. The number of fused-ring (bicyclic) bond motifs is 2. The Kier molecular flexibility index (Phi) is 3.44. The van der Waals surface area contributed by atoms with Gasteiger partial charge in [0, 0.05) is 11.0 Å². The monoisotopic (exact) mass is 316 g/mol. The molecule has 1 saturated carbocycles. The lowest BCUT2D eigenvalue weighted by atomic mass is 9.52.